The van der Waals surface area contributed by atoms with Gasteiger partial charge in [-0.25, -0.2) is 0 Å². The number of rotatable bonds is 5. The van der Waals surface area contributed by atoms with Crippen molar-refractivity contribution in [1.29, 1.82) is 0 Å². The van der Waals surface area contributed by atoms with E-state index in [2.05, 4.69) is 53.5 Å². The number of amides is 1. The Morgan fingerprint density at radius 2 is 2.14 bits per heavy atom. The van der Waals surface area contributed by atoms with Gasteiger partial charge in [0, 0.05) is 31.7 Å². The van der Waals surface area contributed by atoms with Crippen molar-refractivity contribution in [3.63, 3.8) is 0 Å². The van der Waals surface area contributed by atoms with Crippen molar-refractivity contribution in [2.24, 2.45) is 5.41 Å². The van der Waals surface area contributed by atoms with Crippen LogP contribution in [0.5, 0.6) is 5.75 Å². The van der Waals surface area contributed by atoms with Crippen molar-refractivity contribution >= 4 is 16.7 Å². The highest BCUT2D eigenvalue weighted by Crippen LogP contribution is 2.39. The lowest BCUT2D eigenvalue weighted by Crippen LogP contribution is -2.61. The average Bonchev–Trinajstić information content (AvgIpc) is 2.72. The molecule has 4 rings (SSSR count). The lowest BCUT2D eigenvalue weighted by atomic mass is 9.71. The van der Waals surface area contributed by atoms with E-state index >= 15 is 0 Å². The van der Waals surface area contributed by atoms with Gasteiger partial charge in [0.1, 0.15) is 5.75 Å². The molecule has 2 heterocycles. The van der Waals surface area contributed by atoms with E-state index in [9.17, 15) is 9.90 Å². The van der Waals surface area contributed by atoms with E-state index < -0.39 is 11.5 Å². The third-order valence-corrected chi connectivity index (χ3v) is 6.24. The van der Waals surface area contributed by atoms with Crippen LogP contribution in [0.3, 0.4) is 0 Å². The molecule has 2 aliphatic heterocycles. The van der Waals surface area contributed by atoms with Crippen LogP contribution in [0.1, 0.15) is 38.2 Å². The first-order valence-corrected chi connectivity index (χ1v) is 10.5. The van der Waals surface area contributed by atoms with Crippen LogP contribution < -0.4 is 10.1 Å². The van der Waals surface area contributed by atoms with Gasteiger partial charge in [0.05, 0.1) is 18.1 Å². The Labute approximate surface area is 166 Å². The third kappa shape index (κ3) is 3.49. The zero-order valence-corrected chi connectivity index (χ0v) is 16.6. The minimum Gasteiger partial charge on any atom is -0.493 e. The highest BCUT2D eigenvalue weighted by atomic mass is 16.5. The molecule has 2 aromatic rings. The summed E-state index contributed by atoms with van der Waals surface area (Å²) in [4.78, 5) is 15.0. The normalized spacial score (nSPS) is 25.8. The van der Waals surface area contributed by atoms with Gasteiger partial charge in [-0.1, -0.05) is 37.3 Å². The van der Waals surface area contributed by atoms with Gasteiger partial charge in [-0.15, -0.1) is 0 Å². The van der Waals surface area contributed by atoms with E-state index in [1.54, 1.807) is 0 Å². The molecule has 2 atom stereocenters. The number of hydrogen-bond donors (Lipinski definition) is 2. The molecule has 2 fully saturated rings. The Hall–Kier alpha value is -2.11. The second-order valence-corrected chi connectivity index (χ2v) is 8.14. The molecule has 0 aliphatic carbocycles. The quantitative estimate of drug-likeness (QED) is 0.834. The zero-order chi connectivity index (χ0) is 19.6. The van der Waals surface area contributed by atoms with Gasteiger partial charge in [-0.05, 0) is 42.5 Å². The van der Waals surface area contributed by atoms with Crippen LogP contribution >= 0.6 is 0 Å². The molecular weight excluding hydrogens is 352 g/mol. The molecule has 150 valence electrons. The molecule has 28 heavy (non-hydrogen) atoms. The van der Waals surface area contributed by atoms with Gasteiger partial charge in [0.2, 0.25) is 5.91 Å². The van der Waals surface area contributed by atoms with Crippen molar-refractivity contribution in [3.05, 3.63) is 42.0 Å². The maximum atomic E-state index is 12.7. The SMILES string of the molecule is CCCOc1ccc2ccccc2c1CN1CC[C@@H](O)[C@@]2(CCCNC2=O)C1. The molecule has 2 aromatic carbocycles. The van der Waals surface area contributed by atoms with Gasteiger partial charge in [0.25, 0.3) is 0 Å². The number of carbonyl (C=O) groups is 1. The molecular formula is C23H30N2O3. The largest absolute Gasteiger partial charge is 0.493 e. The number of fused-ring (bicyclic) bond motifs is 1. The van der Waals surface area contributed by atoms with Gasteiger partial charge in [-0.2, -0.15) is 0 Å². The average molecular weight is 383 g/mol. The van der Waals surface area contributed by atoms with E-state index in [1.807, 2.05) is 0 Å². The summed E-state index contributed by atoms with van der Waals surface area (Å²) in [6.07, 6.45) is 2.71. The monoisotopic (exact) mass is 382 g/mol. The first-order valence-electron chi connectivity index (χ1n) is 10.5. The van der Waals surface area contributed by atoms with Crippen LogP contribution in [0.15, 0.2) is 36.4 Å². The highest BCUT2D eigenvalue weighted by Gasteiger charge is 2.49. The van der Waals surface area contributed by atoms with Crippen molar-refractivity contribution in [2.45, 2.75) is 45.3 Å². The number of hydrogen-bond acceptors (Lipinski definition) is 4. The van der Waals surface area contributed by atoms with E-state index in [4.69, 9.17) is 4.74 Å². The standard InChI is InChI=1S/C23H30N2O3/c1-2-14-28-20-9-8-17-6-3-4-7-18(17)19(20)15-25-13-10-21(26)23(16-25)11-5-12-24-22(23)27/h3-4,6-9,21,26H,2,5,10-16H2,1H3,(H,24,27)/t21-,23-/m1/s1. The summed E-state index contributed by atoms with van der Waals surface area (Å²) in [5, 5.41) is 16.0. The summed E-state index contributed by atoms with van der Waals surface area (Å²) in [5.74, 6) is 0.935. The second kappa shape index (κ2) is 8.10. The number of benzene rings is 2. The molecule has 1 spiro atoms. The highest BCUT2D eigenvalue weighted by molar-refractivity contribution is 5.88. The molecule has 0 aromatic heterocycles. The Kier molecular flexibility index (Phi) is 5.56. The fourth-order valence-corrected chi connectivity index (χ4v) is 4.71. The molecule has 0 radical (unpaired) electrons. The van der Waals surface area contributed by atoms with Gasteiger partial charge >= 0.3 is 0 Å². The summed E-state index contributed by atoms with van der Waals surface area (Å²) >= 11 is 0. The Morgan fingerprint density at radius 1 is 1.29 bits per heavy atom. The Bertz CT molecular complexity index is 853. The molecule has 2 saturated heterocycles. The smallest absolute Gasteiger partial charge is 0.230 e. The van der Waals surface area contributed by atoms with Crippen molar-refractivity contribution in [1.82, 2.24) is 10.2 Å². The molecule has 5 heteroatoms. The van der Waals surface area contributed by atoms with Gasteiger partial charge in [-0.3, -0.25) is 9.69 Å². The van der Waals surface area contributed by atoms with Crippen LogP contribution in [-0.4, -0.2) is 48.3 Å². The summed E-state index contributed by atoms with van der Waals surface area (Å²) in [6.45, 7) is 5.62. The zero-order valence-electron chi connectivity index (χ0n) is 16.6. The van der Waals surface area contributed by atoms with Crippen LogP contribution in [0.2, 0.25) is 0 Å². The molecule has 0 unspecified atom stereocenters. The molecule has 2 aliphatic rings. The summed E-state index contributed by atoms with van der Waals surface area (Å²) < 4.78 is 6.06. The van der Waals surface area contributed by atoms with Crippen LogP contribution in [0, 0.1) is 5.41 Å². The minimum absolute atomic E-state index is 0.0105. The number of carbonyl (C=O) groups excluding carboxylic acids is 1. The van der Waals surface area contributed by atoms with Gasteiger partial charge < -0.3 is 15.2 Å². The number of aliphatic hydroxyl groups excluding tert-OH is 1. The fourth-order valence-electron chi connectivity index (χ4n) is 4.71. The second-order valence-electron chi connectivity index (χ2n) is 8.14. The van der Waals surface area contributed by atoms with Crippen molar-refractivity contribution in [2.75, 3.05) is 26.2 Å². The Balaban J connectivity index is 1.64. The lowest BCUT2D eigenvalue weighted by molar-refractivity contribution is -0.149. The van der Waals surface area contributed by atoms with Crippen LogP contribution in [0.4, 0.5) is 0 Å². The van der Waals surface area contributed by atoms with Crippen molar-refractivity contribution in [3.8, 4) is 5.75 Å². The number of aliphatic hydroxyl groups is 1. The number of piperidine rings is 2. The first-order chi connectivity index (χ1) is 13.6. The number of likely N-dealkylation sites (tertiary alicyclic amines) is 1. The molecule has 5 nitrogen and oxygen atoms in total. The molecule has 1 amide bonds. The maximum absolute atomic E-state index is 12.7. The number of ether oxygens (including phenoxy) is 1. The molecule has 0 saturated carbocycles. The van der Waals surface area contributed by atoms with E-state index in [-0.39, 0.29) is 5.91 Å². The Morgan fingerprint density at radius 3 is 2.96 bits per heavy atom. The van der Waals surface area contributed by atoms with Crippen molar-refractivity contribution < 1.29 is 14.6 Å². The summed E-state index contributed by atoms with van der Waals surface area (Å²) in [7, 11) is 0. The summed E-state index contributed by atoms with van der Waals surface area (Å²) in [5.41, 5.74) is 0.500. The van der Waals surface area contributed by atoms with Crippen LogP contribution in [-0.2, 0) is 11.3 Å². The van der Waals surface area contributed by atoms with Gasteiger partial charge in [0.15, 0.2) is 0 Å². The summed E-state index contributed by atoms with van der Waals surface area (Å²) in [6, 6.07) is 12.6. The maximum Gasteiger partial charge on any atom is 0.230 e. The first kappa shape index (κ1) is 19.2. The molecule has 2 N–H and O–H groups in total. The third-order valence-electron chi connectivity index (χ3n) is 6.24. The van der Waals surface area contributed by atoms with E-state index in [0.717, 1.165) is 38.1 Å². The minimum atomic E-state index is -0.675. The van der Waals surface area contributed by atoms with E-state index in [1.165, 1.54) is 16.3 Å². The van der Waals surface area contributed by atoms with E-state index in [0.29, 0.717) is 26.1 Å². The lowest BCUT2D eigenvalue weighted by Gasteiger charge is -2.47. The predicted octanol–water partition coefficient (Wildman–Crippen LogP) is 3.09. The van der Waals surface area contributed by atoms with Crippen LogP contribution in [0.25, 0.3) is 10.8 Å². The topological polar surface area (TPSA) is 61.8 Å². The molecule has 0 bridgehead atoms. The number of nitrogens with one attached hydrogen (secondary N) is 1. The number of nitrogens with zero attached hydrogens (tertiary/aromatic N) is 1. The fraction of sp³-hybridized carbons (Fsp3) is 0.522. The predicted molar refractivity (Wildman–Crippen MR) is 110 cm³/mol.